The largest absolute Gasteiger partial charge is 0.475 e. The summed E-state index contributed by atoms with van der Waals surface area (Å²) in [5.74, 6) is -1.98. The molecule has 4 aromatic heterocycles. The van der Waals surface area contributed by atoms with Crippen LogP contribution in [-0.2, 0) is 23.7 Å². The zero-order chi connectivity index (χ0) is 48.5. The molecule has 4 saturated heterocycles. The Balaban J connectivity index is 0.000000172. The molecule has 0 saturated carbocycles. The number of fused-ring (bicyclic) bond motifs is 8. The molecule has 69 heavy (non-hydrogen) atoms. The second-order valence-electron chi connectivity index (χ2n) is 17.7. The molecule has 4 bridgehead atoms. The van der Waals surface area contributed by atoms with Crippen LogP contribution in [0, 0.1) is 0 Å². The molecule has 0 spiro atoms. The van der Waals surface area contributed by atoms with Crippen molar-refractivity contribution in [2.24, 2.45) is 0 Å². The van der Waals surface area contributed by atoms with Crippen molar-refractivity contribution < 1.29 is 57.4 Å². The van der Waals surface area contributed by atoms with Gasteiger partial charge in [-0.1, -0.05) is 0 Å². The lowest BCUT2D eigenvalue weighted by molar-refractivity contribution is -0.142. The van der Waals surface area contributed by atoms with Gasteiger partial charge in [0, 0.05) is 38.3 Å². The average molecular weight is 957 g/mol. The summed E-state index contributed by atoms with van der Waals surface area (Å²) < 4.78 is 38.7. The maximum atomic E-state index is 13.4. The lowest BCUT2D eigenvalue weighted by Gasteiger charge is -2.45. The zero-order valence-electron chi connectivity index (χ0n) is 38.6. The molecule has 4 fully saturated rings. The van der Waals surface area contributed by atoms with Gasteiger partial charge in [0.2, 0.25) is 23.4 Å². The number of carboxylic acids is 1. The van der Waals surface area contributed by atoms with Gasteiger partial charge in [-0.3, -0.25) is 20.4 Å². The Morgan fingerprint density at radius 1 is 0.696 bits per heavy atom. The van der Waals surface area contributed by atoms with E-state index in [2.05, 4.69) is 60.3 Å². The van der Waals surface area contributed by atoms with Crippen molar-refractivity contribution in [1.82, 2.24) is 39.9 Å². The van der Waals surface area contributed by atoms with Crippen LogP contribution in [-0.4, -0.2) is 165 Å². The van der Waals surface area contributed by atoms with Crippen LogP contribution in [0.4, 0.5) is 44.2 Å². The van der Waals surface area contributed by atoms with Gasteiger partial charge in [-0.05, 0) is 53.4 Å². The highest BCUT2D eigenvalue weighted by atomic mass is 16.8. The van der Waals surface area contributed by atoms with Crippen molar-refractivity contribution in [3.8, 4) is 11.8 Å². The third kappa shape index (κ3) is 10.6. The van der Waals surface area contributed by atoms with E-state index in [9.17, 15) is 24.3 Å². The first kappa shape index (κ1) is 46.9. The van der Waals surface area contributed by atoms with E-state index in [0.717, 1.165) is 38.8 Å². The summed E-state index contributed by atoms with van der Waals surface area (Å²) in [7, 11) is 1.26. The first-order chi connectivity index (χ1) is 33.1. The summed E-state index contributed by atoms with van der Waals surface area (Å²) >= 11 is 0. The third-order valence-electron chi connectivity index (χ3n) is 11.9. The van der Waals surface area contributed by atoms with Crippen LogP contribution in [0.2, 0.25) is 0 Å². The number of aromatic carboxylic acids is 1. The van der Waals surface area contributed by atoms with Crippen molar-refractivity contribution in [2.45, 2.75) is 89.2 Å². The van der Waals surface area contributed by atoms with Crippen molar-refractivity contribution in [3.05, 3.63) is 48.8 Å². The standard InChI is InChI=1S/C22H27N7O6.C21H25N7O6/c1-22(2)34-11-14(35-22)10-33-17-7-16(24-12-25-17)26-21(31)29-13-5-4-6-28(9-13)15-8-23-18(20(30)32-3)27-19(15)29;1-21(2)33-10-13(34-21)9-32-16-6-15(23-11-24-16)25-20(31)28-12-4-3-5-27(8-12)14-7-22-17(19(29)30)26-18(14)28/h7-8,12-14H,4-6,9-11H2,1-3H3,(H,24,25,26,31);6-7,11-13H,3-5,8-10H2,1-2H3,(H,29,30)(H,23,24,25,31)/t13-,14+;12-,13+/m00/s1. The predicted molar refractivity (Wildman–Crippen MR) is 241 cm³/mol. The Kier molecular flexibility index (Phi) is 13.2. The molecule has 0 aromatic carbocycles. The van der Waals surface area contributed by atoms with Gasteiger partial charge in [-0.15, -0.1) is 0 Å². The van der Waals surface area contributed by atoms with Crippen LogP contribution in [0.15, 0.2) is 37.2 Å². The number of urea groups is 2. The fourth-order valence-electron chi connectivity index (χ4n) is 8.82. The van der Waals surface area contributed by atoms with Crippen LogP contribution < -0.4 is 39.7 Å². The van der Waals surface area contributed by atoms with E-state index in [4.69, 9.17) is 33.2 Å². The van der Waals surface area contributed by atoms with Crippen LogP contribution in [0.1, 0.15) is 74.6 Å². The number of hydrogen-bond donors (Lipinski definition) is 3. The first-order valence-corrected chi connectivity index (χ1v) is 22.4. The highest BCUT2D eigenvalue weighted by molar-refractivity contribution is 6.05. The number of carbonyl (C=O) groups is 4. The van der Waals surface area contributed by atoms with Gasteiger partial charge in [-0.2, -0.15) is 0 Å². The summed E-state index contributed by atoms with van der Waals surface area (Å²) in [5.41, 5.74) is 1.32. The van der Waals surface area contributed by atoms with Gasteiger partial charge < -0.3 is 48.1 Å². The monoisotopic (exact) mass is 956 g/mol. The lowest BCUT2D eigenvalue weighted by atomic mass is 10.0. The maximum Gasteiger partial charge on any atom is 0.376 e. The van der Waals surface area contributed by atoms with Crippen LogP contribution >= 0.6 is 0 Å². The number of nitrogens with zero attached hydrogens (tertiary/aromatic N) is 12. The Bertz CT molecular complexity index is 2590. The number of carbonyl (C=O) groups excluding carboxylic acids is 3. The molecule has 0 unspecified atom stereocenters. The number of methoxy groups -OCH3 is 1. The van der Waals surface area contributed by atoms with E-state index < -0.39 is 35.6 Å². The molecule has 6 aliphatic rings. The molecule has 10 heterocycles. The smallest absolute Gasteiger partial charge is 0.376 e. The van der Waals surface area contributed by atoms with Gasteiger partial charge in [0.1, 0.15) is 49.7 Å². The molecule has 3 N–H and O–H groups in total. The lowest BCUT2D eigenvalue weighted by Crippen LogP contribution is -2.56. The topological polar surface area (TPSA) is 293 Å². The summed E-state index contributed by atoms with van der Waals surface area (Å²) in [6, 6.07) is 1.89. The zero-order valence-corrected chi connectivity index (χ0v) is 38.6. The number of carboxylic acid groups (broad SMARTS) is 1. The SMILES string of the molecule is CC1(C)OC[C@@H](COc2cc(NC(=O)N3c4nc(C(=O)O)ncc4N4CCC[C@H]3C4)ncn2)O1.COC(=O)c1ncc2c(n1)N(C(=O)Nc1cc(OC[C@@H]3COC(C)(C)O3)ncn1)[C@H]1CCCN2C1. The first-order valence-electron chi connectivity index (χ1n) is 22.4. The Labute approximate surface area is 395 Å². The Morgan fingerprint density at radius 3 is 1.59 bits per heavy atom. The normalized spacial score (nSPS) is 22.6. The molecule has 4 atom stereocenters. The maximum absolute atomic E-state index is 13.4. The number of amides is 4. The average Bonchev–Trinajstić information content (AvgIpc) is 3.88. The number of ether oxygens (including phenoxy) is 7. The second-order valence-corrected chi connectivity index (χ2v) is 17.7. The predicted octanol–water partition coefficient (Wildman–Crippen LogP) is 3.12. The van der Waals surface area contributed by atoms with Gasteiger partial charge in [0.15, 0.2) is 23.2 Å². The van der Waals surface area contributed by atoms with Crippen LogP contribution in [0.5, 0.6) is 11.8 Å². The number of rotatable bonds is 10. The van der Waals surface area contributed by atoms with Crippen LogP contribution in [0.25, 0.3) is 0 Å². The third-order valence-corrected chi connectivity index (χ3v) is 11.9. The molecule has 0 aliphatic carbocycles. The molecule has 6 aliphatic heterocycles. The van der Waals surface area contributed by atoms with E-state index in [1.54, 1.807) is 11.1 Å². The molecule has 26 heteroatoms. The second kappa shape index (κ2) is 19.4. The van der Waals surface area contributed by atoms with Crippen LogP contribution in [0.3, 0.4) is 0 Å². The highest BCUT2D eigenvalue weighted by Gasteiger charge is 2.41. The number of anilines is 6. The van der Waals surface area contributed by atoms with Gasteiger partial charge in [-0.25, -0.2) is 59.0 Å². The molecule has 4 amide bonds. The van der Waals surface area contributed by atoms with Crippen molar-refractivity contribution >= 4 is 58.6 Å². The van der Waals surface area contributed by atoms with Gasteiger partial charge in [0.25, 0.3) is 0 Å². The number of nitrogens with one attached hydrogen (secondary N) is 2. The molecule has 10 rings (SSSR count). The minimum absolute atomic E-state index is 0.107. The Hall–Kier alpha value is -7.16. The molecule has 4 aromatic rings. The summed E-state index contributed by atoms with van der Waals surface area (Å²) in [4.78, 5) is 90.5. The number of aromatic nitrogens is 8. The molecule has 26 nitrogen and oxygen atoms in total. The Morgan fingerprint density at radius 2 is 1.16 bits per heavy atom. The van der Waals surface area contributed by atoms with E-state index in [0.29, 0.717) is 49.4 Å². The fraction of sp³-hybridized carbons (Fsp3) is 0.535. The van der Waals surface area contributed by atoms with E-state index in [1.165, 1.54) is 43.0 Å². The molecular weight excluding hydrogens is 905 g/mol. The van der Waals surface area contributed by atoms with Crippen molar-refractivity contribution in [2.75, 3.05) is 89.9 Å². The fourth-order valence-corrected chi connectivity index (χ4v) is 8.82. The van der Waals surface area contributed by atoms with E-state index in [-0.39, 0.29) is 72.5 Å². The quantitative estimate of drug-likeness (QED) is 0.192. The van der Waals surface area contributed by atoms with E-state index in [1.807, 2.05) is 27.7 Å². The minimum Gasteiger partial charge on any atom is -0.475 e. The van der Waals surface area contributed by atoms with Gasteiger partial charge >= 0.3 is 24.0 Å². The number of esters is 1. The van der Waals surface area contributed by atoms with Gasteiger partial charge in [0.05, 0.1) is 56.2 Å². The number of hydrogen-bond acceptors (Lipinski definition) is 21. The minimum atomic E-state index is -1.26. The van der Waals surface area contributed by atoms with Crippen molar-refractivity contribution in [1.29, 1.82) is 0 Å². The number of piperidine rings is 2. The van der Waals surface area contributed by atoms with Crippen molar-refractivity contribution in [3.63, 3.8) is 0 Å². The summed E-state index contributed by atoms with van der Waals surface area (Å²) in [6.07, 6.45) is 8.55. The highest BCUT2D eigenvalue weighted by Crippen LogP contribution is 2.39. The molecule has 366 valence electrons. The summed E-state index contributed by atoms with van der Waals surface area (Å²) in [6.45, 7) is 11.6. The summed E-state index contributed by atoms with van der Waals surface area (Å²) in [5, 5.41) is 14.9. The van der Waals surface area contributed by atoms with E-state index >= 15 is 0 Å². The molecular formula is C43H52N14O12. The molecule has 0 radical (unpaired) electrons.